The number of nitrogens with zero attached hydrogens (tertiary/aromatic N) is 2. The molecule has 1 aromatic heterocycles. The number of aromatic nitrogens is 1. The molecule has 3 aromatic rings. The molecule has 1 aliphatic heterocycles. The summed E-state index contributed by atoms with van der Waals surface area (Å²) in [5.74, 6) is 1.59. The van der Waals surface area contributed by atoms with Crippen molar-refractivity contribution in [3.8, 4) is 11.5 Å². The van der Waals surface area contributed by atoms with Gasteiger partial charge in [-0.05, 0) is 42.0 Å². The predicted octanol–water partition coefficient (Wildman–Crippen LogP) is 4.43. The molecule has 1 unspecified atom stereocenters. The molecule has 0 spiro atoms. The lowest BCUT2D eigenvalue weighted by Gasteiger charge is -2.09. The Balaban J connectivity index is 1.72. The Morgan fingerprint density at radius 2 is 1.96 bits per heavy atom. The molecule has 1 aliphatic rings. The Kier molecular flexibility index (Phi) is 4.02. The zero-order valence-corrected chi connectivity index (χ0v) is 13.6. The highest BCUT2D eigenvalue weighted by atomic mass is 32.2. The minimum atomic E-state index is -0.199. The van der Waals surface area contributed by atoms with E-state index in [2.05, 4.69) is 22.1 Å². The van der Waals surface area contributed by atoms with Gasteiger partial charge in [-0.1, -0.05) is 36.0 Å². The fraction of sp³-hybridized carbons (Fsp3) is 0.0526. The van der Waals surface area contributed by atoms with Gasteiger partial charge >= 0.3 is 0 Å². The summed E-state index contributed by atoms with van der Waals surface area (Å²) in [7, 11) is 0. The van der Waals surface area contributed by atoms with Gasteiger partial charge in [-0.25, -0.2) is 0 Å². The van der Waals surface area contributed by atoms with Crippen molar-refractivity contribution in [3.05, 3.63) is 71.3 Å². The minimum Gasteiger partial charge on any atom is -0.457 e. The van der Waals surface area contributed by atoms with Gasteiger partial charge in [0.1, 0.15) is 17.0 Å². The number of ether oxygens (including phenoxy) is 1. The van der Waals surface area contributed by atoms with Gasteiger partial charge in [0.25, 0.3) is 0 Å². The van der Waals surface area contributed by atoms with E-state index < -0.39 is 0 Å². The molecule has 0 aliphatic carbocycles. The van der Waals surface area contributed by atoms with E-state index >= 15 is 0 Å². The first-order chi connectivity index (χ1) is 11.8. The first-order valence-electron chi connectivity index (χ1n) is 7.57. The Labute approximate surface area is 144 Å². The van der Waals surface area contributed by atoms with Crippen LogP contribution in [-0.2, 0) is 0 Å². The largest absolute Gasteiger partial charge is 0.457 e. The Bertz CT molecular complexity index is 938. The van der Waals surface area contributed by atoms with E-state index in [1.54, 1.807) is 18.0 Å². The van der Waals surface area contributed by atoms with Crippen LogP contribution in [0.5, 0.6) is 11.5 Å². The smallest absolute Gasteiger partial charge is 0.148 e. The lowest BCUT2D eigenvalue weighted by Crippen LogP contribution is -2.07. The van der Waals surface area contributed by atoms with Crippen LogP contribution in [0.2, 0.25) is 0 Å². The second kappa shape index (κ2) is 6.47. The summed E-state index contributed by atoms with van der Waals surface area (Å²) in [5, 5.41) is 0.972. The fourth-order valence-electron chi connectivity index (χ4n) is 2.52. The summed E-state index contributed by atoms with van der Waals surface area (Å²) in [4.78, 5) is 9.63. The molecule has 0 amide bonds. The number of hydrogen-bond donors (Lipinski definition) is 1. The van der Waals surface area contributed by atoms with E-state index in [1.165, 1.54) is 0 Å². The van der Waals surface area contributed by atoms with E-state index in [0.29, 0.717) is 0 Å². The van der Waals surface area contributed by atoms with Gasteiger partial charge in [-0.2, -0.15) is 0 Å². The maximum Gasteiger partial charge on any atom is 0.148 e. The summed E-state index contributed by atoms with van der Waals surface area (Å²) in [6, 6.07) is 17.7. The second-order valence-electron chi connectivity index (χ2n) is 5.33. The average Bonchev–Trinajstić information content (AvgIpc) is 3.01. The number of rotatable bonds is 3. The van der Waals surface area contributed by atoms with Crippen LogP contribution in [0.15, 0.2) is 70.7 Å². The third-order valence-electron chi connectivity index (χ3n) is 3.61. The van der Waals surface area contributed by atoms with Crippen molar-refractivity contribution < 1.29 is 4.74 Å². The summed E-state index contributed by atoms with van der Waals surface area (Å²) < 4.78 is 6.02. The highest BCUT2D eigenvalue weighted by Crippen LogP contribution is 2.31. The monoisotopic (exact) mass is 333 g/mol. The van der Waals surface area contributed by atoms with Crippen molar-refractivity contribution in [1.82, 2.24) is 4.98 Å². The number of fused-ring (bicyclic) bond motifs is 1. The minimum absolute atomic E-state index is 0.199. The number of allylic oxidation sites excluding steroid dienone is 1. The average molecular weight is 333 g/mol. The molecule has 0 bridgehead atoms. The third kappa shape index (κ3) is 3.18. The highest BCUT2D eigenvalue weighted by molar-refractivity contribution is 8.04. The van der Waals surface area contributed by atoms with Crippen LogP contribution >= 0.6 is 11.8 Å². The molecule has 0 saturated carbocycles. The van der Waals surface area contributed by atoms with Gasteiger partial charge in [-0.3, -0.25) is 9.98 Å². The maximum absolute atomic E-state index is 6.02. The van der Waals surface area contributed by atoms with Gasteiger partial charge in [-0.15, -0.1) is 0 Å². The van der Waals surface area contributed by atoms with Crippen LogP contribution in [0.25, 0.3) is 17.0 Å². The second-order valence-corrected chi connectivity index (χ2v) is 6.52. The van der Waals surface area contributed by atoms with E-state index in [1.807, 2.05) is 54.7 Å². The third-order valence-corrected chi connectivity index (χ3v) is 4.47. The van der Waals surface area contributed by atoms with Crippen molar-refractivity contribution in [3.63, 3.8) is 0 Å². The van der Waals surface area contributed by atoms with Crippen LogP contribution in [-0.4, -0.2) is 16.7 Å². The van der Waals surface area contributed by atoms with Crippen molar-refractivity contribution >= 4 is 35.0 Å². The van der Waals surface area contributed by atoms with Gasteiger partial charge in [0, 0.05) is 22.7 Å². The number of hydrogen-bond acceptors (Lipinski definition) is 5. The number of thioether (sulfide) groups is 1. The highest BCUT2D eigenvalue weighted by Gasteiger charge is 2.11. The van der Waals surface area contributed by atoms with Crippen molar-refractivity contribution in [1.29, 1.82) is 0 Å². The summed E-state index contributed by atoms with van der Waals surface area (Å²) in [6.07, 6.45) is 5.64. The van der Waals surface area contributed by atoms with Gasteiger partial charge in [0.15, 0.2) is 0 Å². The van der Waals surface area contributed by atoms with Gasteiger partial charge in [0.05, 0.1) is 5.52 Å². The molecule has 2 heterocycles. The first-order valence-corrected chi connectivity index (χ1v) is 8.45. The summed E-state index contributed by atoms with van der Waals surface area (Å²) in [5.41, 5.74) is 7.54. The Morgan fingerprint density at radius 1 is 1.08 bits per heavy atom. The number of benzene rings is 2. The lowest BCUT2D eigenvalue weighted by atomic mass is 10.1. The van der Waals surface area contributed by atoms with Crippen molar-refractivity contribution in [2.45, 2.75) is 5.50 Å². The van der Waals surface area contributed by atoms with E-state index in [-0.39, 0.29) is 5.50 Å². The molecule has 0 fully saturated rings. The Morgan fingerprint density at radius 3 is 2.75 bits per heavy atom. The molecule has 0 saturated heterocycles. The van der Waals surface area contributed by atoms with Crippen LogP contribution in [0.3, 0.4) is 0 Å². The molecular formula is C19H15N3OS. The molecule has 5 heteroatoms. The zero-order valence-electron chi connectivity index (χ0n) is 12.8. The number of nitrogens with two attached hydrogens (primary N) is 1. The molecular weight excluding hydrogens is 318 g/mol. The number of aliphatic imine (C=N–C) groups is 1. The van der Waals surface area contributed by atoms with Crippen LogP contribution in [0.4, 0.5) is 0 Å². The molecule has 0 radical (unpaired) electrons. The SMILES string of the molecule is NC1N=C/C(=C/c2ccc3nccc(Oc4ccccc4)c3c2)S1. The zero-order chi connectivity index (χ0) is 16.4. The fourth-order valence-corrected chi connectivity index (χ4v) is 3.24. The van der Waals surface area contributed by atoms with E-state index in [4.69, 9.17) is 10.5 Å². The molecule has 2 N–H and O–H groups in total. The van der Waals surface area contributed by atoms with Crippen molar-refractivity contribution in [2.24, 2.45) is 10.7 Å². The van der Waals surface area contributed by atoms with E-state index in [0.717, 1.165) is 32.9 Å². The summed E-state index contributed by atoms with van der Waals surface area (Å²) in [6.45, 7) is 0. The molecule has 24 heavy (non-hydrogen) atoms. The topological polar surface area (TPSA) is 60.5 Å². The summed E-state index contributed by atoms with van der Waals surface area (Å²) >= 11 is 1.54. The van der Waals surface area contributed by atoms with Gasteiger partial charge < -0.3 is 10.5 Å². The van der Waals surface area contributed by atoms with Crippen molar-refractivity contribution in [2.75, 3.05) is 0 Å². The molecule has 2 aromatic carbocycles. The first kappa shape index (κ1) is 14.9. The van der Waals surface area contributed by atoms with E-state index in [9.17, 15) is 0 Å². The molecule has 1 atom stereocenters. The maximum atomic E-state index is 6.02. The van der Waals surface area contributed by atoms with Gasteiger partial charge in [0.2, 0.25) is 0 Å². The number of para-hydroxylation sites is 1. The standard InChI is InChI=1S/C19H15N3OS/c20-19-22-12-15(24-19)10-13-6-7-17-16(11-13)18(8-9-21-17)23-14-4-2-1-3-5-14/h1-12,19H,20H2/b15-10-. The normalized spacial score (nSPS) is 18.4. The molecule has 118 valence electrons. The molecule has 4 rings (SSSR count). The Hall–Kier alpha value is -2.63. The van der Waals surface area contributed by atoms with Crippen LogP contribution < -0.4 is 10.5 Å². The molecule has 4 nitrogen and oxygen atoms in total. The van der Waals surface area contributed by atoms with Crippen LogP contribution in [0.1, 0.15) is 5.56 Å². The quantitative estimate of drug-likeness (QED) is 0.770. The van der Waals surface area contributed by atoms with Crippen LogP contribution in [0, 0.1) is 0 Å². The lowest BCUT2D eigenvalue weighted by molar-refractivity contribution is 0.488. The predicted molar refractivity (Wildman–Crippen MR) is 100 cm³/mol. The number of pyridine rings is 1.